The summed E-state index contributed by atoms with van der Waals surface area (Å²) in [6.45, 7) is 0. The summed E-state index contributed by atoms with van der Waals surface area (Å²) in [5, 5.41) is 14.6. The smallest absolute Gasteiger partial charge is 0.253 e. The molecule has 2 aliphatic rings. The molecule has 0 bridgehead atoms. The first-order valence-corrected chi connectivity index (χ1v) is 8.26. The minimum Gasteiger partial charge on any atom is -0.349 e. The van der Waals surface area contributed by atoms with Crippen LogP contribution >= 0.6 is 0 Å². The molecule has 1 unspecified atom stereocenters. The first-order valence-electron chi connectivity index (χ1n) is 8.26. The van der Waals surface area contributed by atoms with E-state index in [0.29, 0.717) is 22.7 Å². The van der Waals surface area contributed by atoms with Crippen molar-refractivity contribution in [3.05, 3.63) is 23.9 Å². The summed E-state index contributed by atoms with van der Waals surface area (Å²) >= 11 is 0. The first-order chi connectivity index (χ1) is 10.8. The Morgan fingerprint density at radius 2 is 1.95 bits per heavy atom. The fourth-order valence-corrected chi connectivity index (χ4v) is 4.33. The fraction of sp³-hybridized carbons (Fsp3) is 0.625. The second kappa shape index (κ2) is 5.34. The van der Waals surface area contributed by atoms with Gasteiger partial charge in [0.15, 0.2) is 5.65 Å². The third-order valence-corrected chi connectivity index (χ3v) is 5.52. The number of amides is 1. The van der Waals surface area contributed by atoms with Gasteiger partial charge in [-0.1, -0.05) is 25.7 Å². The summed E-state index contributed by atoms with van der Waals surface area (Å²) < 4.78 is 1.54. The van der Waals surface area contributed by atoms with Crippen LogP contribution in [0.4, 0.5) is 0 Å². The molecule has 1 amide bonds. The van der Waals surface area contributed by atoms with Crippen LogP contribution in [0.25, 0.3) is 5.65 Å². The molecule has 1 N–H and O–H groups in total. The Hall–Kier alpha value is -1.98. The van der Waals surface area contributed by atoms with Gasteiger partial charge in [0.2, 0.25) is 0 Å². The topological polar surface area (TPSA) is 72.2 Å². The van der Waals surface area contributed by atoms with E-state index in [1.54, 1.807) is 22.8 Å². The molecule has 116 valence electrons. The maximum absolute atomic E-state index is 12.6. The zero-order valence-corrected chi connectivity index (χ0v) is 12.7. The second-order valence-electron chi connectivity index (χ2n) is 6.74. The van der Waals surface area contributed by atoms with Gasteiger partial charge in [0.1, 0.15) is 0 Å². The van der Waals surface area contributed by atoms with Gasteiger partial charge in [-0.25, -0.2) is 0 Å². The van der Waals surface area contributed by atoms with E-state index in [1.807, 2.05) is 0 Å². The molecular weight excluding hydrogens is 278 g/mol. The standard InChI is InChI=1S/C16H21N5O/c22-15(12-6-7-14-18-19-20-21(14)11-12)17-13-5-1-2-8-16(13)9-3-4-10-16/h6-7,11,13H,1-5,8-10H2,(H,17,22). The van der Waals surface area contributed by atoms with Gasteiger partial charge in [0.05, 0.1) is 5.56 Å². The maximum atomic E-state index is 12.6. The minimum atomic E-state index is -0.00410. The molecule has 2 aromatic heterocycles. The average Bonchev–Trinajstić information content (AvgIpc) is 3.18. The molecule has 0 aliphatic heterocycles. The molecule has 1 atom stereocenters. The quantitative estimate of drug-likeness (QED) is 0.924. The van der Waals surface area contributed by atoms with Gasteiger partial charge >= 0.3 is 0 Å². The minimum absolute atomic E-state index is 0.00410. The molecule has 2 fully saturated rings. The van der Waals surface area contributed by atoms with E-state index < -0.39 is 0 Å². The highest BCUT2D eigenvalue weighted by molar-refractivity contribution is 5.94. The van der Waals surface area contributed by atoms with Crippen LogP contribution in [0.15, 0.2) is 18.3 Å². The highest BCUT2D eigenvalue weighted by Gasteiger charge is 2.43. The number of nitrogens with zero attached hydrogens (tertiary/aromatic N) is 4. The largest absolute Gasteiger partial charge is 0.349 e. The summed E-state index contributed by atoms with van der Waals surface area (Å²) in [6, 6.07) is 3.90. The summed E-state index contributed by atoms with van der Waals surface area (Å²) in [4.78, 5) is 12.6. The zero-order valence-electron chi connectivity index (χ0n) is 12.7. The van der Waals surface area contributed by atoms with Gasteiger partial charge in [0, 0.05) is 12.2 Å². The maximum Gasteiger partial charge on any atom is 0.253 e. The third kappa shape index (κ3) is 2.26. The molecular formula is C16H21N5O. The number of nitrogens with one attached hydrogen (secondary N) is 1. The van der Waals surface area contributed by atoms with Gasteiger partial charge < -0.3 is 5.32 Å². The lowest BCUT2D eigenvalue weighted by Gasteiger charge is -2.42. The van der Waals surface area contributed by atoms with Crippen molar-refractivity contribution in [3.8, 4) is 0 Å². The fourth-order valence-electron chi connectivity index (χ4n) is 4.33. The van der Waals surface area contributed by atoms with Gasteiger partial charge in [0.25, 0.3) is 5.91 Å². The number of fused-ring (bicyclic) bond motifs is 1. The van der Waals surface area contributed by atoms with E-state index in [1.165, 1.54) is 44.9 Å². The van der Waals surface area contributed by atoms with E-state index in [9.17, 15) is 4.79 Å². The number of rotatable bonds is 2. The van der Waals surface area contributed by atoms with Gasteiger partial charge in [-0.2, -0.15) is 4.52 Å². The molecule has 2 aliphatic carbocycles. The lowest BCUT2D eigenvalue weighted by molar-refractivity contribution is 0.0805. The summed E-state index contributed by atoms with van der Waals surface area (Å²) in [5.74, 6) is -0.00410. The number of tetrazole rings is 1. The van der Waals surface area contributed by atoms with Crippen LogP contribution in [-0.4, -0.2) is 32.0 Å². The van der Waals surface area contributed by atoms with Crippen LogP contribution in [0.1, 0.15) is 61.7 Å². The van der Waals surface area contributed by atoms with Crippen molar-refractivity contribution < 1.29 is 4.79 Å². The molecule has 2 heterocycles. The molecule has 6 heteroatoms. The van der Waals surface area contributed by atoms with Gasteiger partial charge in [-0.3, -0.25) is 4.79 Å². The highest BCUT2D eigenvalue weighted by Crippen LogP contribution is 2.49. The monoisotopic (exact) mass is 299 g/mol. The molecule has 2 saturated carbocycles. The third-order valence-electron chi connectivity index (χ3n) is 5.52. The molecule has 0 saturated heterocycles. The van der Waals surface area contributed by atoms with Crippen LogP contribution < -0.4 is 5.32 Å². The van der Waals surface area contributed by atoms with Crippen molar-refractivity contribution in [2.75, 3.05) is 0 Å². The molecule has 2 aromatic rings. The lowest BCUT2D eigenvalue weighted by atomic mass is 9.69. The van der Waals surface area contributed by atoms with Crippen molar-refractivity contribution in [3.63, 3.8) is 0 Å². The number of hydrogen-bond donors (Lipinski definition) is 1. The van der Waals surface area contributed by atoms with Crippen molar-refractivity contribution in [1.29, 1.82) is 0 Å². The second-order valence-corrected chi connectivity index (χ2v) is 6.74. The van der Waals surface area contributed by atoms with Crippen LogP contribution in [0.2, 0.25) is 0 Å². The first kappa shape index (κ1) is 13.7. The number of pyridine rings is 1. The normalized spacial score (nSPS) is 23.9. The number of carbonyl (C=O) groups is 1. The van der Waals surface area contributed by atoms with Crippen LogP contribution in [0.5, 0.6) is 0 Å². The Bertz CT molecular complexity index is 689. The van der Waals surface area contributed by atoms with Crippen LogP contribution in [-0.2, 0) is 0 Å². The Labute approximate surface area is 129 Å². The van der Waals surface area contributed by atoms with E-state index in [4.69, 9.17) is 0 Å². The van der Waals surface area contributed by atoms with Crippen LogP contribution in [0, 0.1) is 5.41 Å². The van der Waals surface area contributed by atoms with Crippen molar-refractivity contribution in [1.82, 2.24) is 25.4 Å². The Kier molecular flexibility index (Phi) is 3.32. The predicted molar refractivity (Wildman–Crippen MR) is 81.4 cm³/mol. The van der Waals surface area contributed by atoms with Gasteiger partial charge in [-0.15, -0.1) is 5.10 Å². The molecule has 4 rings (SSSR count). The Balaban J connectivity index is 1.54. The average molecular weight is 299 g/mol. The summed E-state index contributed by atoms with van der Waals surface area (Å²) in [6.07, 6.45) is 11.8. The van der Waals surface area contributed by atoms with E-state index in [0.717, 1.165) is 6.42 Å². The van der Waals surface area contributed by atoms with Crippen molar-refractivity contribution >= 4 is 11.6 Å². The molecule has 0 aromatic carbocycles. The van der Waals surface area contributed by atoms with E-state index in [-0.39, 0.29) is 5.91 Å². The molecule has 6 nitrogen and oxygen atoms in total. The van der Waals surface area contributed by atoms with Crippen molar-refractivity contribution in [2.45, 2.75) is 57.4 Å². The summed E-state index contributed by atoms with van der Waals surface area (Å²) in [7, 11) is 0. The Morgan fingerprint density at radius 3 is 2.77 bits per heavy atom. The number of hydrogen-bond acceptors (Lipinski definition) is 4. The highest BCUT2D eigenvalue weighted by atomic mass is 16.1. The Morgan fingerprint density at radius 1 is 1.18 bits per heavy atom. The number of carbonyl (C=O) groups excluding carboxylic acids is 1. The van der Waals surface area contributed by atoms with E-state index >= 15 is 0 Å². The summed E-state index contributed by atoms with van der Waals surface area (Å²) in [5.41, 5.74) is 1.63. The number of aromatic nitrogens is 4. The predicted octanol–water partition coefficient (Wildman–Crippen LogP) is 2.36. The molecule has 0 radical (unpaired) electrons. The lowest BCUT2D eigenvalue weighted by Crippen LogP contribution is -2.48. The zero-order chi connectivity index (χ0) is 15.0. The van der Waals surface area contributed by atoms with Gasteiger partial charge in [-0.05, 0) is 53.7 Å². The van der Waals surface area contributed by atoms with Crippen molar-refractivity contribution in [2.24, 2.45) is 5.41 Å². The van der Waals surface area contributed by atoms with Crippen LogP contribution in [0.3, 0.4) is 0 Å². The molecule has 1 spiro atoms. The van der Waals surface area contributed by atoms with E-state index in [2.05, 4.69) is 20.8 Å². The SMILES string of the molecule is O=C(NC1CCCCC12CCCC2)c1ccc2nnnn2c1. The molecule has 22 heavy (non-hydrogen) atoms.